The Bertz CT molecular complexity index is 1420. The van der Waals surface area contributed by atoms with Crippen molar-refractivity contribution in [3.05, 3.63) is 93.7 Å². The van der Waals surface area contributed by atoms with Gasteiger partial charge in [-0.1, -0.05) is 49.2 Å². The summed E-state index contributed by atoms with van der Waals surface area (Å²) in [5.74, 6) is 0.468. The SMILES string of the molecule is Cc1ccc(-n2ncnc2-c2cc3c(n(-c4ccc(C)cc4)c2=O)CC(C)(C)CC3=O)cc1. The number of pyridine rings is 1. The van der Waals surface area contributed by atoms with Gasteiger partial charge < -0.3 is 0 Å². The van der Waals surface area contributed by atoms with Gasteiger partial charge in [0, 0.05) is 23.4 Å². The molecule has 0 fully saturated rings. The van der Waals surface area contributed by atoms with E-state index in [1.54, 1.807) is 15.3 Å². The highest BCUT2D eigenvalue weighted by Gasteiger charge is 2.35. The van der Waals surface area contributed by atoms with E-state index in [1.807, 2.05) is 62.4 Å². The zero-order valence-corrected chi connectivity index (χ0v) is 19.3. The first-order valence-corrected chi connectivity index (χ1v) is 11.1. The van der Waals surface area contributed by atoms with Gasteiger partial charge in [-0.3, -0.25) is 14.2 Å². The van der Waals surface area contributed by atoms with Gasteiger partial charge in [-0.2, -0.15) is 5.10 Å². The Labute approximate surface area is 192 Å². The van der Waals surface area contributed by atoms with Crippen molar-refractivity contribution < 1.29 is 4.79 Å². The molecule has 0 N–H and O–H groups in total. The van der Waals surface area contributed by atoms with Crippen LogP contribution < -0.4 is 5.56 Å². The predicted octanol–water partition coefficient (Wildman–Crippen LogP) is 4.86. The fourth-order valence-corrected chi connectivity index (χ4v) is 4.54. The monoisotopic (exact) mass is 438 g/mol. The Morgan fingerprint density at radius 2 is 1.42 bits per heavy atom. The third kappa shape index (κ3) is 3.71. The van der Waals surface area contributed by atoms with Crippen molar-refractivity contribution in [1.82, 2.24) is 19.3 Å². The second-order valence-electron chi connectivity index (χ2n) is 9.67. The number of nitrogens with zero attached hydrogens (tertiary/aromatic N) is 4. The zero-order valence-electron chi connectivity index (χ0n) is 19.3. The van der Waals surface area contributed by atoms with Crippen molar-refractivity contribution in [2.75, 3.05) is 0 Å². The molecule has 0 saturated carbocycles. The number of hydrogen-bond donors (Lipinski definition) is 0. The molecule has 0 aliphatic heterocycles. The maximum Gasteiger partial charge on any atom is 0.266 e. The van der Waals surface area contributed by atoms with E-state index in [1.165, 1.54) is 6.33 Å². The average molecular weight is 439 g/mol. The van der Waals surface area contributed by atoms with Crippen molar-refractivity contribution >= 4 is 5.78 Å². The molecule has 1 aliphatic carbocycles. The summed E-state index contributed by atoms with van der Waals surface area (Å²) < 4.78 is 3.34. The van der Waals surface area contributed by atoms with Crippen LogP contribution in [0.4, 0.5) is 0 Å². The van der Waals surface area contributed by atoms with Crippen LogP contribution in [-0.2, 0) is 6.42 Å². The van der Waals surface area contributed by atoms with Gasteiger partial charge in [-0.25, -0.2) is 9.67 Å². The van der Waals surface area contributed by atoms with Gasteiger partial charge in [-0.05, 0) is 56.0 Å². The van der Waals surface area contributed by atoms with Crippen LogP contribution in [0.3, 0.4) is 0 Å². The number of aromatic nitrogens is 4. The van der Waals surface area contributed by atoms with Crippen molar-refractivity contribution in [3.8, 4) is 22.8 Å². The molecule has 6 nitrogen and oxygen atoms in total. The first kappa shape index (κ1) is 21.1. The quantitative estimate of drug-likeness (QED) is 0.458. The standard InChI is InChI=1S/C27H26N4O2/c1-17-5-9-19(10-6-17)30-23-14-27(3,4)15-24(32)21(23)13-22(26(30)33)25-28-16-29-31(25)20-11-7-18(2)8-12-20/h5-13,16H,14-15H2,1-4H3. The minimum Gasteiger partial charge on any atom is -0.294 e. The summed E-state index contributed by atoms with van der Waals surface area (Å²) in [7, 11) is 0. The third-order valence-corrected chi connectivity index (χ3v) is 6.25. The Hall–Kier alpha value is -3.80. The Morgan fingerprint density at radius 1 is 0.818 bits per heavy atom. The van der Waals surface area contributed by atoms with E-state index >= 15 is 0 Å². The normalized spacial score (nSPS) is 14.8. The number of rotatable bonds is 3. The number of benzene rings is 2. The molecule has 2 aromatic carbocycles. The topological polar surface area (TPSA) is 69.8 Å². The smallest absolute Gasteiger partial charge is 0.266 e. The summed E-state index contributed by atoms with van der Waals surface area (Å²) in [6, 6.07) is 17.4. The van der Waals surface area contributed by atoms with Gasteiger partial charge in [0.15, 0.2) is 11.6 Å². The van der Waals surface area contributed by atoms with Crippen LogP contribution in [-0.4, -0.2) is 25.1 Å². The number of aryl methyl sites for hydroxylation is 2. The number of Topliss-reactive ketones (excluding diaryl/α,β-unsaturated/α-hetero) is 1. The summed E-state index contributed by atoms with van der Waals surface area (Å²) in [6.45, 7) is 8.16. The summed E-state index contributed by atoms with van der Waals surface area (Å²) in [5.41, 5.74) is 5.07. The minimum atomic E-state index is -0.216. The van der Waals surface area contributed by atoms with E-state index in [-0.39, 0.29) is 16.8 Å². The number of carbonyl (C=O) groups is 1. The van der Waals surface area contributed by atoms with Crippen LogP contribution in [0.25, 0.3) is 22.8 Å². The molecule has 1 aliphatic rings. The lowest BCUT2D eigenvalue weighted by molar-refractivity contribution is 0.0909. The number of ketones is 1. The van der Waals surface area contributed by atoms with E-state index in [0.29, 0.717) is 29.8 Å². The van der Waals surface area contributed by atoms with Gasteiger partial charge in [-0.15, -0.1) is 0 Å². The van der Waals surface area contributed by atoms with Gasteiger partial charge in [0.25, 0.3) is 5.56 Å². The molecular weight excluding hydrogens is 412 g/mol. The molecule has 0 amide bonds. The largest absolute Gasteiger partial charge is 0.294 e. The summed E-state index contributed by atoms with van der Waals surface area (Å²) in [6.07, 6.45) is 2.52. The lowest BCUT2D eigenvalue weighted by Gasteiger charge is -2.32. The Kier molecular flexibility index (Phi) is 4.89. The van der Waals surface area contributed by atoms with E-state index < -0.39 is 0 Å². The predicted molar refractivity (Wildman–Crippen MR) is 128 cm³/mol. The fraction of sp³-hybridized carbons (Fsp3) is 0.259. The highest BCUT2D eigenvalue weighted by atomic mass is 16.1. The van der Waals surface area contributed by atoms with E-state index in [4.69, 9.17) is 0 Å². The Morgan fingerprint density at radius 3 is 2.06 bits per heavy atom. The van der Waals surface area contributed by atoms with Crippen LogP contribution in [0.5, 0.6) is 0 Å². The molecule has 0 spiro atoms. The minimum absolute atomic E-state index is 0.0461. The van der Waals surface area contributed by atoms with E-state index in [9.17, 15) is 9.59 Å². The summed E-state index contributed by atoms with van der Waals surface area (Å²) >= 11 is 0. The summed E-state index contributed by atoms with van der Waals surface area (Å²) in [4.78, 5) is 31.6. The van der Waals surface area contributed by atoms with Gasteiger partial charge in [0.2, 0.25) is 0 Å². The number of hydrogen-bond acceptors (Lipinski definition) is 4. The Balaban J connectivity index is 1.79. The van der Waals surface area contributed by atoms with Crippen molar-refractivity contribution in [2.24, 2.45) is 5.41 Å². The van der Waals surface area contributed by atoms with Crippen LogP contribution >= 0.6 is 0 Å². The second-order valence-corrected chi connectivity index (χ2v) is 9.67. The molecule has 0 atom stereocenters. The fourth-order valence-electron chi connectivity index (χ4n) is 4.54. The lowest BCUT2D eigenvalue weighted by atomic mass is 9.75. The highest BCUT2D eigenvalue weighted by Crippen LogP contribution is 2.36. The first-order valence-electron chi connectivity index (χ1n) is 11.1. The molecule has 0 saturated heterocycles. The maximum atomic E-state index is 14.0. The van der Waals surface area contributed by atoms with Crippen molar-refractivity contribution in [2.45, 2.75) is 40.5 Å². The number of carbonyl (C=O) groups excluding carboxylic acids is 1. The molecular formula is C27H26N4O2. The van der Waals surface area contributed by atoms with E-state index in [2.05, 4.69) is 23.9 Å². The first-order chi connectivity index (χ1) is 15.7. The highest BCUT2D eigenvalue weighted by molar-refractivity contribution is 5.99. The molecule has 0 radical (unpaired) electrons. The lowest BCUT2D eigenvalue weighted by Crippen LogP contribution is -2.35. The van der Waals surface area contributed by atoms with Crippen LogP contribution in [0, 0.1) is 19.3 Å². The van der Waals surface area contributed by atoms with Crippen molar-refractivity contribution in [1.29, 1.82) is 0 Å². The second kappa shape index (κ2) is 7.66. The van der Waals surface area contributed by atoms with Crippen LogP contribution in [0.1, 0.15) is 47.4 Å². The molecule has 2 aromatic heterocycles. The van der Waals surface area contributed by atoms with Gasteiger partial charge >= 0.3 is 0 Å². The van der Waals surface area contributed by atoms with E-state index in [0.717, 1.165) is 28.2 Å². The molecule has 6 heteroatoms. The van der Waals surface area contributed by atoms with Gasteiger partial charge in [0.05, 0.1) is 11.3 Å². The molecule has 2 heterocycles. The van der Waals surface area contributed by atoms with Gasteiger partial charge in [0.1, 0.15) is 6.33 Å². The molecule has 0 unspecified atom stereocenters. The third-order valence-electron chi connectivity index (χ3n) is 6.25. The molecule has 4 aromatic rings. The molecule has 166 valence electrons. The molecule has 33 heavy (non-hydrogen) atoms. The molecule has 5 rings (SSSR count). The average Bonchev–Trinajstić information content (AvgIpc) is 3.24. The summed E-state index contributed by atoms with van der Waals surface area (Å²) in [5, 5.41) is 4.37. The zero-order chi connectivity index (χ0) is 23.3. The number of fused-ring (bicyclic) bond motifs is 1. The maximum absolute atomic E-state index is 14.0. The van der Waals surface area contributed by atoms with Crippen molar-refractivity contribution in [3.63, 3.8) is 0 Å². The molecule has 0 bridgehead atoms. The van der Waals surface area contributed by atoms with Crippen LogP contribution in [0.2, 0.25) is 0 Å². The van der Waals surface area contributed by atoms with Crippen LogP contribution in [0.15, 0.2) is 65.7 Å².